The Morgan fingerprint density at radius 2 is 1.60 bits per heavy atom. The summed E-state index contributed by atoms with van der Waals surface area (Å²) in [7, 11) is 0. The van der Waals surface area contributed by atoms with Crippen LogP contribution in [0.5, 0.6) is 0 Å². The van der Waals surface area contributed by atoms with Gasteiger partial charge in [-0.1, -0.05) is 23.7 Å². The van der Waals surface area contributed by atoms with Crippen LogP contribution in [0.25, 0.3) is 0 Å². The van der Waals surface area contributed by atoms with Gasteiger partial charge in [0.25, 0.3) is 0 Å². The van der Waals surface area contributed by atoms with Crippen LogP contribution >= 0.6 is 11.6 Å². The van der Waals surface area contributed by atoms with Crippen molar-refractivity contribution >= 4 is 34.8 Å². The van der Waals surface area contributed by atoms with Crippen molar-refractivity contribution in [2.75, 3.05) is 17.2 Å². The van der Waals surface area contributed by atoms with E-state index in [0.29, 0.717) is 11.6 Å². The van der Waals surface area contributed by atoms with Gasteiger partial charge in [-0.3, -0.25) is 9.59 Å². The average Bonchev–Trinajstić information content (AvgIpc) is 3.46. The Balaban J connectivity index is 1.40. The molecule has 6 heteroatoms. The number of nitrogens with one attached hydrogen (secondary N) is 3. The zero-order valence-electron chi connectivity index (χ0n) is 13.7. The normalized spacial score (nSPS) is 13.2. The number of hydrogen-bond acceptors (Lipinski definition) is 3. The van der Waals surface area contributed by atoms with Gasteiger partial charge >= 0.3 is 0 Å². The molecular formula is C19H20ClN3O2. The van der Waals surface area contributed by atoms with Crippen LogP contribution in [-0.4, -0.2) is 18.4 Å². The fraction of sp³-hybridized carbons (Fsp3) is 0.263. The van der Waals surface area contributed by atoms with Crippen LogP contribution in [0.3, 0.4) is 0 Å². The molecule has 1 aliphatic rings. The monoisotopic (exact) mass is 357 g/mol. The summed E-state index contributed by atoms with van der Waals surface area (Å²) in [6.45, 7) is 0.644. The van der Waals surface area contributed by atoms with Gasteiger partial charge in [0.1, 0.15) is 0 Å². The van der Waals surface area contributed by atoms with Crippen LogP contribution in [0.1, 0.15) is 18.4 Å². The van der Waals surface area contributed by atoms with Crippen LogP contribution in [0.2, 0.25) is 5.02 Å². The minimum Gasteiger partial charge on any atom is -0.376 e. The highest BCUT2D eigenvalue weighted by atomic mass is 35.5. The Bertz CT molecular complexity index is 740. The molecule has 1 fully saturated rings. The molecule has 0 spiro atoms. The first-order valence-corrected chi connectivity index (χ1v) is 8.64. The summed E-state index contributed by atoms with van der Waals surface area (Å²) < 4.78 is 0. The Morgan fingerprint density at radius 1 is 0.960 bits per heavy atom. The summed E-state index contributed by atoms with van der Waals surface area (Å²) >= 11 is 5.83. The molecule has 0 radical (unpaired) electrons. The van der Waals surface area contributed by atoms with E-state index in [1.165, 1.54) is 0 Å². The van der Waals surface area contributed by atoms with Crippen LogP contribution in [0.15, 0.2) is 48.5 Å². The van der Waals surface area contributed by atoms with Gasteiger partial charge in [0.15, 0.2) is 0 Å². The third-order valence-corrected chi connectivity index (χ3v) is 4.21. The first-order valence-electron chi connectivity index (χ1n) is 8.26. The Hall–Kier alpha value is -2.53. The maximum Gasteiger partial charge on any atom is 0.239 e. The van der Waals surface area contributed by atoms with Gasteiger partial charge in [-0.15, -0.1) is 0 Å². The summed E-state index contributed by atoms with van der Waals surface area (Å²) in [5, 5.41) is 9.46. The number of carbonyl (C=O) groups excluding carboxylic acids is 2. The third kappa shape index (κ3) is 5.50. The lowest BCUT2D eigenvalue weighted by molar-refractivity contribution is -0.119. The summed E-state index contributed by atoms with van der Waals surface area (Å²) in [5.41, 5.74) is 2.59. The van der Waals surface area contributed by atoms with Gasteiger partial charge in [-0.25, -0.2) is 0 Å². The summed E-state index contributed by atoms with van der Waals surface area (Å²) in [6, 6.07) is 14.7. The van der Waals surface area contributed by atoms with E-state index in [1.807, 2.05) is 36.4 Å². The van der Waals surface area contributed by atoms with Crippen molar-refractivity contribution in [3.8, 4) is 0 Å². The number of amides is 2. The predicted molar refractivity (Wildman–Crippen MR) is 99.6 cm³/mol. The minimum atomic E-state index is -0.0962. The molecule has 3 rings (SSSR count). The lowest BCUT2D eigenvalue weighted by atomic mass is 10.2. The molecule has 3 N–H and O–H groups in total. The molecular weight excluding hydrogens is 338 g/mol. The number of hydrogen-bond donors (Lipinski definition) is 3. The fourth-order valence-electron chi connectivity index (χ4n) is 2.31. The topological polar surface area (TPSA) is 70.2 Å². The molecule has 2 amide bonds. The van der Waals surface area contributed by atoms with Crippen molar-refractivity contribution < 1.29 is 9.59 Å². The molecule has 0 saturated heterocycles. The minimum absolute atomic E-state index is 0.0855. The lowest BCUT2D eigenvalue weighted by Crippen LogP contribution is -2.29. The van der Waals surface area contributed by atoms with E-state index in [0.717, 1.165) is 29.8 Å². The Morgan fingerprint density at radius 3 is 2.24 bits per heavy atom. The third-order valence-electron chi connectivity index (χ3n) is 3.96. The Kier molecular flexibility index (Phi) is 5.56. The van der Waals surface area contributed by atoms with Crippen molar-refractivity contribution in [2.45, 2.75) is 19.4 Å². The highest BCUT2D eigenvalue weighted by Crippen LogP contribution is 2.30. The number of rotatable bonds is 7. The number of carbonyl (C=O) groups is 2. The van der Waals surface area contributed by atoms with E-state index in [9.17, 15) is 9.59 Å². The van der Waals surface area contributed by atoms with E-state index in [-0.39, 0.29) is 24.3 Å². The van der Waals surface area contributed by atoms with Crippen molar-refractivity contribution in [1.29, 1.82) is 0 Å². The van der Waals surface area contributed by atoms with E-state index < -0.39 is 0 Å². The maximum absolute atomic E-state index is 11.9. The standard InChI is InChI=1S/C19H20ClN3O2/c20-15-5-1-13(2-6-15)11-22-18(24)12-21-16-7-9-17(10-8-16)23-19(25)14-3-4-14/h1-2,5-10,14,21H,3-4,11-12H2,(H,22,24)(H,23,25). The molecule has 0 unspecified atom stereocenters. The highest BCUT2D eigenvalue weighted by molar-refractivity contribution is 6.30. The molecule has 5 nitrogen and oxygen atoms in total. The second-order valence-electron chi connectivity index (χ2n) is 6.10. The van der Waals surface area contributed by atoms with E-state index in [1.54, 1.807) is 12.1 Å². The van der Waals surface area contributed by atoms with Gasteiger partial charge < -0.3 is 16.0 Å². The Labute approximate surface area is 151 Å². The summed E-state index contributed by atoms with van der Waals surface area (Å²) in [6.07, 6.45) is 1.97. The molecule has 0 heterocycles. The molecule has 25 heavy (non-hydrogen) atoms. The van der Waals surface area contributed by atoms with Gasteiger partial charge in [0.05, 0.1) is 6.54 Å². The fourth-order valence-corrected chi connectivity index (χ4v) is 2.43. The second kappa shape index (κ2) is 8.03. The molecule has 2 aromatic carbocycles. The van der Waals surface area contributed by atoms with Gasteiger partial charge in [-0.05, 0) is 54.8 Å². The van der Waals surface area contributed by atoms with Crippen LogP contribution in [-0.2, 0) is 16.1 Å². The number of benzene rings is 2. The maximum atomic E-state index is 11.9. The zero-order valence-corrected chi connectivity index (χ0v) is 14.5. The molecule has 1 aliphatic carbocycles. The van der Waals surface area contributed by atoms with E-state index in [2.05, 4.69) is 16.0 Å². The van der Waals surface area contributed by atoms with Crippen molar-refractivity contribution in [3.05, 3.63) is 59.1 Å². The van der Waals surface area contributed by atoms with E-state index >= 15 is 0 Å². The van der Waals surface area contributed by atoms with Crippen molar-refractivity contribution in [2.24, 2.45) is 5.92 Å². The van der Waals surface area contributed by atoms with Gasteiger partial charge in [0.2, 0.25) is 11.8 Å². The second-order valence-corrected chi connectivity index (χ2v) is 6.53. The number of halogens is 1. The number of anilines is 2. The average molecular weight is 358 g/mol. The van der Waals surface area contributed by atoms with Gasteiger partial charge in [-0.2, -0.15) is 0 Å². The highest BCUT2D eigenvalue weighted by Gasteiger charge is 2.29. The molecule has 0 aliphatic heterocycles. The molecule has 0 bridgehead atoms. The predicted octanol–water partition coefficient (Wildman–Crippen LogP) is 3.42. The molecule has 0 aromatic heterocycles. The first-order chi connectivity index (χ1) is 12.1. The molecule has 2 aromatic rings. The smallest absolute Gasteiger partial charge is 0.239 e. The largest absolute Gasteiger partial charge is 0.376 e. The quantitative estimate of drug-likeness (QED) is 0.711. The van der Waals surface area contributed by atoms with Crippen LogP contribution in [0, 0.1) is 5.92 Å². The zero-order chi connectivity index (χ0) is 17.6. The van der Waals surface area contributed by atoms with E-state index in [4.69, 9.17) is 11.6 Å². The molecule has 1 saturated carbocycles. The summed E-state index contributed by atoms with van der Waals surface area (Å²) in [5.74, 6) is 0.172. The lowest BCUT2D eigenvalue weighted by Gasteiger charge is -2.09. The van der Waals surface area contributed by atoms with Crippen molar-refractivity contribution in [1.82, 2.24) is 5.32 Å². The molecule has 0 atom stereocenters. The first kappa shape index (κ1) is 17.3. The van der Waals surface area contributed by atoms with Crippen molar-refractivity contribution in [3.63, 3.8) is 0 Å². The SMILES string of the molecule is O=C(CNc1ccc(NC(=O)C2CC2)cc1)NCc1ccc(Cl)cc1. The van der Waals surface area contributed by atoms with Crippen LogP contribution in [0.4, 0.5) is 11.4 Å². The molecule has 130 valence electrons. The summed E-state index contributed by atoms with van der Waals surface area (Å²) in [4.78, 5) is 23.6. The van der Waals surface area contributed by atoms with Crippen LogP contribution < -0.4 is 16.0 Å². The van der Waals surface area contributed by atoms with Gasteiger partial charge in [0, 0.05) is 28.9 Å².